The molecule has 0 atom stereocenters. The van der Waals surface area contributed by atoms with Gasteiger partial charge in [-0.3, -0.25) is 5.21 Å². The predicted octanol–water partition coefficient (Wildman–Crippen LogP) is 3.13. The summed E-state index contributed by atoms with van der Waals surface area (Å²) in [6.45, 7) is 0. The summed E-state index contributed by atoms with van der Waals surface area (Å²) in [5.41, 5.74) is 2.30. The lowest BCUT2D eigenvalue weighted by atomic mass is 10.3. The summed E-state index contributed by atoms with van der Waals surface area (Å²) in [5.74, 6) is -0.0623. The number of nitrogens with zero attached hydrogens (tertiary/aromatic N) is 1. The quantitative estimate of drug-likeness (QED) is 0.492. The van der Waals surface area contributed by atoms with Crippen molar-refractivity contribution in [2.24, 2.45) is 4.99 Å². The molecule has 0 bridgehead atoms. The van der Waals surface area contributed by atoms with Gasteiger partial charge in [0.25, 0.3) is 0 Å². The van der Waals surface area contributed by atoms with Gasteiger partial charge in [0, 0.05) is 0 Å². The second-order valence-corrected chi connectivity index (χ2v) is 3.56. The molecule has 1 aromatic heterocycles. The number of nitrogens with one attached hydrogen (secondary N) is 1. The fourth-order valence-electron chi connectivity index (χ4n) is 1.23. The molecule has 0 saturated heterocycles. The van der Waals surface area contributed by atoms with Crippen molar-refractivity contribution in [3.8, 4) is 0 Å². The van der Waals surface area contributed by atoms with Crippen molar-refractivity contribution in [1.82, 2.24) is 5.48 Å². The highest BCUT2D eigenvalue weighted by Crippen LogP contribution is 2.22. The molecule has 0 aliphatic carbocycles. The van der Waals surface area contributed by atoms with E-state index in [9.17, 15) is 4.39 Å². The summed E-state index contributed by atoms with van der Waals surface area (Å²) in [4.78, 5) is 4.03. The highest BCUT2D eigenvalue weighted by molar-refractivity contribution is 6.31. The Labute approximate surface area is 101 Å². The Morgan fingerprint density at radius 1 is 1.41 bits per heavy atom. The minimum Gasteiger partial charge on any atom is -0.461 e. The summed E-state index contributed by atoms with van der Waals surface area (Å²) in [6.07, 6.45) is 1.44. The molecule has 1 heterocycles. The first-order valence-corrected chi connectivity index (χ1v) is 5.06. The molecular formula is C11H8ClFN2O2. The first kappa shape index (κ1) is 11.6. The normalized spacial score (nSPS) is 11.6. The van der Waals surface area contributed by atoms with Crippen LogP contribution in [0, 0.1) is 5.82 Å². The number of amidine groups is 1. The van der Waals surface area contributed by atoms with E-state index in [2.05, 4.69) is 4.99 Å². The van der Waals surface area contributed by atoms with Gasteiger partial charge in [0.15, 0.2) is 11.6 Å². The molecule has 0 spiro atoms. The van der Waals surface area contributed by atoms with Gasteiger partial charge >= 0.3 is 0 Å². The molecule has 2 N–H and O–H groups in total. The second kappa shape index (κ2) is 4.99. The molecule has 0 saturated carbocycles. The van der Waals surface area contributed by atoms with Crippen LogP contribution < -0.4 is 5.48 Å². The van der Waals surface area contributed by atoms with Crippen molar-refractivity contribution in [1.29, 1.82) is 0 Å². The molecule has 0 radical (unpaired) electrons. The van der Waals surface area contributed by atoms with E-state index < -0.39 is 5.82 Å². The van der Waals surface area contributed by atoms with E-state index in [4.69, 9.17) is 21.2 Å². The zero-order valence-electron chi connectivity index (χ0n) is 8.52. The lowest BCUT2D eigenvalue weighted by Gasteiger charge is -2.02. The fraction of sp³-hybridized carbons (Fsp3) is 0. The van der Waals surface area contributed by atoms with Gasteiger partial charge in [-0.15, -0.1) is 0 Å². The molecule has 0 fully saturated rings. The molecule has 2 rings (SSSR count). The van der Waals surface area contributed by atoms with Crippen LogP contribution >= 0.6 is 11.6 Å². The number of hydrogen-bond acceptors (Lipinski definition) is 3. The number of aliphatic imine (C=N–C) groups is 1. The maximum atomic E-state index is 12.9. The van der Waals surface area contributed by atoms with E-state index in [-0.39, 0.29) is 10.9 Å². The maximum absolute atomic E-state index is 12.9. The molecule has 0 unspecified atom stereocenters. The van der Waals surface area contributed by atoms with Gasteiger partial charge in [-0.25, -0.2) is 14.9 Å². The van der Waals surface area contributed by atoms with Gasteiger partial charge in [-0.05, 0) is 30.3 Å². The summed E-state index contributed by atoms with van der Waals surface area (Å²) in [6, 6.07) is 7.24. The van der Waals surface area contributed by atoms with Crippen LogP contribution in [0.15, 0.2) is 46.0 Å². The Kier molecular flexibility index (Phi) is 3.41. The zero-order valence-corrected chi connectivity index (χ0v) is 9.28. The Hall–Kier alpha value is -1.85. The van der Waals surface area contributed by atoms with Crippen LogP contribution in [0.3, 0.4) is 0 Å². The fourth-order valence-corrected chi connectivity index (χ4v) is 1.41. The van der Waals surface area contributed by atoms with Crippen LogP contribution in [0.25, 0.3) is 0 Å². The van der Waals surface area contributed by atoms with Crippen molar-refractivity contribution in [2.45, 2.75) is 0 Å². The van der Waals surface area contributed by atoms with Gasteiger partial charge < -0.3 is 4.42 Å². The highest BCUT2D eigenvalue weighted by Gasteiger charge is 2.06. The largest absolute Gasteiger partial charge is 0.461 e. The summed E-state index contributed by atoms with van der Waals surface area (Å²) >= 11 is 5.61. The smallest absolute Gasteiger partial charge is 0.193 e. The van der Waals surface area contributed by atoms with Crippen LogP contribution in [0.5, 0.6) is 0 Å². The van der Waals surface area contributed by atoms with Crippen molar-refractivity contribution in [3.05, 3.63) is 53.2 Å². The molecule has 0 aliphatic rings. The summed E-state index contributed by atoms with van der Waals surface area (Å²) < 4.78 is 18.0. The number of rotatable bonds is 2. The molecule has 6 heteroatoms. The van der Waals surface area contributed by atoms with E-state index in [1.807, 2.05) is 5.48 Å². The van der Waals surface area contributed by atoms with Gasteiger partial charge in [0.1, 0.15) is 5.82 Å². The molecule has 17 heavy (non-hydrogen) atoms. The molecule has 2 aromatic rings. The van der Waals surface area contributed by atoms with Gasteiger partial charge in [-0.1, -0.05) is 11.6 Å². The Morgan fingerprint density at radius 3 is 2.82 bits per heavy atom. The molecule has 1 aromatic carbocycles. The Bertz CT molecular complexity index is 540. The lowest BCUT2D eigenvalue weighted by molar-refractivity contribution is 0.233. The number of hydrogen-bond donors (Lipinski definition) is 2. The average Bonchev–Trinajstić information content (AvgIpc) is 2.84. The molecule has 4 nitrogen and oxygen atoms in total. The Balaban J connectivity index is 2.36. The standard InChI is InChI=1S/C11H8ClFN2O2/c12-8-6-7(3-4-9(8)13)14-11(15-16)10-2-1-5-17-10/h1-6,16H,(H,14,15). The molecule has 88 valence electrons. The third-order valence-electron chi connectivity index (χ3n) is 2.00. The number of benzene rings is 1. The number of halogens is 2. The summed E-state index contributed by atoms with van der Waals surface area (Å²) in [7, 11) is 0. The number of furan rings is 1. The van der Waals surface area contributed by atoms with Crippen LogP contribution in [-0.4, -0.2) is 11.0 Å². The van der Waals surface area contributed by atoms with E-state index in [1.54, 1.807) is 12.1 Å². The topological polar surface area (TPSA) is 57.8 Å². The van der Waals surface area contributed by atoms with Crippen molar-refractivity contribution in [3.63, 3.8) is 0 Å². The minimum atomic E-state index is -0.526. The van der Waals surface area contributed by atoms with E-state index in [1.165, 1.54) is 24.5 Å². The van der Waals surface area contributed by atoms with Gasteiger partial charge in [0.05, 0.1) is 17.0 Å². The SMILES string of the molecule is ONC(=Nc1ccc(F)c(Cl)c1)c1ccco1. The van der Waals surface area contributed by atoms with Gasteiger partial charge in [-0.2, -0.15) is 0 Å². The third kappa shape index (κ3) is 2.64. The Morgan fingerprint density at radius 2 is 2.24 bits per heavy atom. The zero-order chi connectivity index (χ0) is 12.3. The average molecular weight is 255 g/mol. The predicted molar refractivity (Wildman–Crippen MR) is 61.2 cm³/mol. The monoisotopic (exact) mass is 254 g/mol. The van der Waals surface area contributed by atoms with Crippen molar-refractivity contribution >= 4 is 23.1 Å². The van der Waals surface area contributed by atoms with E-state index in [0.717, 1.165) is 0 Å². The van der Waals surface area contributed by atoms with Crippen molar-refractivity contribution < 1.29 is 14.0 Å². The maximum Gasteiger partial charge on any atom is 0.193 e. The van der Waals surface area contributed by atoms with Gasteiger partial charge in [0.2, 0.25) is 0 Å². The molecular weight excluding hydrogens is 247 g/mol. The first-order valence-electron chi connectivity index (χ1n) is 4.68. The van der Waals surface area contributed by atoms with Crippen molar-refractivity contribution in [2.75, 3.05) is 0 Å². The second-order valence-electron chi connectivity index (χ2n) is 3.15. The summed E-state index contributed by atoms with van der Waals surface area (Å²) in [5, 5.41) is 8.90. The highest BCUT2D eigenvalue weighted by atomic mass is 35.5. The van der Waals surface area contributed by atoms with Crippen LogP contribution in [-0.2, 0) is 0 Å². The molecule has 0 amide bonds. The van der Waals surface area contributed by atoms with Crippen LogP contribution in [0.2, 0.25) is 5.02 Å². The van der Waals surface area contributed by atoms with E-state index in [0.29, 0.717) is 11.4 Å². The lowest BCUT2D eigenvalue weighted by Crippen LogP contribution is -2.19. The first-order chi connectivity index (χ1) is 8.20. The number of hydroxylamine groups is 1. The molecule has 0 aliphatic heterocycles. The van der Waals surface area contributed by atoms with Crippen LogP contribution in [0.1, 0.15) is 5.76 Å². The van der Waals surface area contributed by atoms with Crippen LogP contribution in [0.4, 0.5) is 10.1 Å². The van der Waals surface area contributed by atoms with E-state index >= 15 is 0 Å². The minimum absolute atomic E-state index is 0.0389. The third-order valence-corrected chi connectivity index (χ3v) is 2.29.